The Morgan fingerprint density at radius 3 is 2.57 bits per heavy atom. The number of aliphatic carboxylic acids is 1. The van der Waals surface area contributed by atoms with E-state index in [0.717, 1.165) is 11.8 Å². The molecule has 7 nitrogen and oxygen atoms in total. The van der Waals surface area contributed by atoms with Crippen LogP contribution in [0.5, 0.6) is 0 Å². The fourth-order valence-electron chi connectivity index (χ4n) is 1.92. The molecule has 120 valence electrons. The highest BCUT2D eigenvalue weighted by Crippen LogP contribution is 2.32. The van der Waals surface area contributed by atoms with Crippen LogP contribution in [0, 0.1) is 10.1 Å². The molecule has 1 fully saturated rings. The van der Waals surface area contributed by atoms with E-state index >= 15 is 0 Å². The number of thiocarbonyl (C=S) groups is 1. The predicted molar refractivity (Wildman–Crippen MR) is 87.2 cm³/mol. The Bertz CT molecular complexity index is 700. The Morgan fingerprint density at radius 1 is 1.35 bits per heavy atom. The Labute approximate surface area is 141 Å². The Kier molecular flexibility index (Phi) is 5.45. The van der Waals surface area contributed by atoms with Crippen molar-refractivity contribution in [3.8, 4) is 0 Å². The van der Waals surface area contributed by atoms with Gasteiger partial charge < -0.3 is 9.90 Å². The maximum atomic E-state index is 12.2. The van der Waals surface area contributed by atoms with E-state index in [4.69, 9.17) is 12.2 Å². The molecule has 23 heavy (non-hydrogen) atoms. The van der Waals surface area contributed by atoms with Crippen molar-refractivity contribution in [2.45, 2.75) is 12.8 Å². The number of carboxylic acid groups (broad SMARTS) is 1. The Hall–Kier alpha value is -2.26. The smallest absolute Gasteiger partial charge is 0.269 e. The van der Waals surface area contributed by atoms with Crippen molar-refractivity contribution in [2.24, 2.45) is 0 Å². The number of non-ortho nitro benzene ring substituents is 1. The molecule has 1 heterocycles. The number of rotatable bonds is 6. The summed E-state index contributed by atoms with van der Waals surface area (Å²) in [6, 6.07) is 5.79. The first-order chi connectivity index (χ1) is 10.9. The highest BCUT2D eigenvalue weighted by atomic mass is 32.2. The van der Waals surface area contributed by atoms with Crippen LogP contribution in [0.3, 0.4) is 0 Å². The number of nitro groups is 1. The lowest BCUT2D eigenvalue weighted by atomic mass is 10.2. The first-order valence-corrected chi connectivity index (χ1v) is 7.80. The van der Waals surface area contributed by atoms with Gasteiger partial charge in [-0.05, 0) is 36.6 Å². The van der Waals surface area contributed by atoms with Crippen LogP contribution in [-0.4, -0.2) is 32.6 Å². The summed E-state index contributed by atoms with van der Waals surface area (Å²) in [6.07, 6.45) is 1.72. The van der Waals surface area contributed by atoms with Crippen LogP contribution in [0.15, 0.2) is 29.2 Å². The van der Waals surface area contributed by atoms with Gasteiger partial charge in [0.15, 0.2) is 0 Å². The minimum absolute atomic E-state index is 0.0306. The number of benzene rings is 1. The number of amides is 1. The number of hydrogen-bond acceptors (Lipinski definition) is 7. The lowest BCUT2D eigenvalue weighted by Gasteiger charge is -2.14. The fraction of sp³-hybridized carbons (Fsp3) is 0.214. The predicted octanol–water partition coefficient (Wildman–Crippen LogP) is 1.33. The van der Waals surface area contributed by atoms with Crippen molar-refractivity contribution in [3.63, 3.8) is 0 Å². The van der Waals surface area contributed by atoms with E-state index in [1.807, 2.05) is 0 Å². The minimum atomic E-state index is -1.17. The molecule has 0 N–H and O–H groups in total. The molecule has 1 aliphatic heterocycles. The zero-order chi connectivity index (χ0) is 17.0. The third kappa shape index (κ3) is 4.36. The van der Waals surface area contributed by atoms with Crippen LogP contribution in [0.4, 0.5) is 5.69 Å². The summed E-state index contributed by atoms with van der Waals surface area (Å²) in [6.45, 7) is 0.219. The molecule has 0 aromatic heterocycles. The van der Waals surface area contributed by atoms with E-state index in [1.54, 1.807) is 18.2 Å². The maximum Gasteiger partial charge on any atom is 0.269 e. The molecular formula is C14H11N2O5S2-. The molecule has 1 amide bonds. The van der Waals surface area contributed by atoms with Gasteiger partial charge in [-0.15, -0.1) is 0 Å². The summed E-state index contributed by atoms with van der Waals surface area (Å²) in [5.41, 5.74) is 0.614. The molecule has 1 saturated heterocycles. The van der Waals surface area contributed by atoms with Crippen molar-refractivity contribution in [2.75, 3.05) is 6.54 Å². The summed E-state index contributed by atoms with van der Waals surface area (Å²) in [5.74, 6) is -1.46. The summed E-state index contributed by atoms with van der Waals surface area (Å²) < 4.78 is 0.363. The second kappa shape index (κ2) is 7.34. The molecule has 0 bridgehead atoms. The Morgan fingerprint density at radius 2 is 2.00 bits per heavy atom. The van der Waals surface area contributed by atoms with Gasteiger partial charge in [0, 0.05) is 24.6 Å². The van der Waals surface area contributed by atoms with Crippen molar-refractivity contribution in [1.29, 1.82) is 0 Å². The molecule has 0 saturated carbocycles. The number of carboxylic acids is 1. The fourth-order valence-corrected chi connectivity index (χ4v) is 3.23. The number of nitro benzene ring substituents is 1. The van der Waals surface area contributed by atoms with Crippen molar-refractivity contribution in [3.05, 3.63) is 44.8 Å². The van der Waals surface area contributed by atoms with Crippen LogP contribution < -0.4 is 5.11 Å². The number of thioether (sulfide) groups is 1. The maximum absolute atomic E-state index is 12.2. The standard InChI is InChI=1S/C14H12N2O5S2/c17-12(18)2-1-7-15-13(19)11(23-14(15)22)8-9-3-5-10(6-4-9)16(20)21/h3-6,8H,1-2,7H2,(H,17,18)/p-1/b11-8-. The van der Waals surface area contributed by atoms with E-state index in [-0.39, 0.29) is 31.0 Å². The molecule has 0 atom stereocenters. The molecule has 0 radical (unpaired) electrons. The normalized spacial score (nSPS) is 16.2. The summed E-state index contributed by atoms with van der Waals surface area (Å²) in [4.78, 5) is 34.5. The summed E-state index contributed by atoms with van der Waals surface area (Å²) in [5, 5.41) is 21.0. The second-order valence-electron chi connectivity index (χ2n) is 4.66. The van der Waals surface area contributed by atoms with Crippen LogP contribution in [0.2, 0.25) is 0 Å². The van der Waals surface area contributed by atoms with Crippen LogP contribution in [0.25, 0.3) is 6.08 Å². The van der Waals surface area contributed by atoms with Crippen molar-refractivity contribution < 1.29 is 19.6 Å². The molecule has 1 aromatic rings. The monoisotopic (exact) mass is 351 g/mol. The van der Waals surface area contributed by atoms with Gasteiger partial charge in [-0.25, -0.2) is 0 Å². The largest absolute Gasteiger partial charge is 0.550 e. The van der Waals surface area contributed by atoms with Gasteiger partial charge in [0.25, 0.3) is 11.6 Å². The van der Waals surface area contributed by atoms with Crippen LogP contribution in [-0.2, 0) is 9.59 Å². The Balaban J connectivity index is 2.08. The molecule has 1 aromatic carbocycles. The summed E-state index contributed by atoms with van der Waals surface area (Å²) >= 11 is 6.24. The van der Waals surface area contributed by atoms with Crippen molar-refractivity contribution >= 4 is 51.9 Å². The molecule has 2 rings (SSSR count). The van der Waals surface area contributed by atoms with E-state index in [9.17, 15) is 24.8 Å². The molecule has 9 heteroatoms. The molecule has 0 aliphatic carbocycles. The molecule has 1 aliphatic rings. The zero-order valence-electron chi connectivity index (χ0n) is 11.8. The average molecular weight is 351 g/mol. The van der Waals surface area contributed by atoms with Crippen LogP contribution in [0.1, 0.15) is 18.4 Å². The molecule has 0 unspecified atom stereocenters. The van der Waals surface area contributed by atoms with E-state index in [2.05, 4.69) is 0 Å². The SMILES string of the molecule is O=C([O-])CCCN1C(=O)/C(=C/c2ccc([N+](=O)[O-])cc2)SC1=S. The molecule has 0 spiro atoms. The number of carbonyl (C=O) groups is 2. The molecular weight excluding hydrogens is 340 g/mol. The zero-order valence-corrected chi connectivity index (χ0v) is 13.4. The highest BCUT2D eigenvalue weighted by Gasteiger charge is 2.31. The van der Waals surface area contributed by atoms with Gasteiger partial charge in [0.1, 0.15) is 4.32 Å². The third-order valence-electron chi connectivity index (χ3n) is 3.04. The van der Waals surface area contributed by atoms with E-state index < -0.39 is 10.9 Å². The highest BCUT2D eigenvalue weighted by molar-refractivity contribution is 8.26. The average Bonchev–Trinajstić information content (AvgIpc) is 2.75. The lowest BCUT2D eigenvalue weighted by Crippen LogP contribution is -2.30. The van der Waals surface area contributed by atoms with Gasteiger partial charge in [-0.2, -0.15) is 0 Å². The lowest BCUT2D eigenvalue weighted by molar-refractivity contribution is -0.384. The number of carbonyl (C=O) groups excluding carboxylic acids is 2. The van der Waals surface area contributed by atoms with Gasteiger partial charge in [-0.1, -0.05) is 24.0 Å². The number of hydrogen-bond donors (Lipinski definition) is 0. The van der Waals surface area contributed by atoms with Gasteiger partial charge in [0.2, 0.25) is 0 Å². The van der Waals surface area contributed by atoms with E-state index in [1.165, 1.54) is 17.0 Å². The number of nitrogens with zero attached hydrogens (tertiary/aromatic N) is 2. The second-order valence-corrected chi connectivity index (χ2v) is 6.33. The van der Waals surface area contributed by atoms with E-state index in [0.29, 0.717) is 14.8 Å². The first-order valence-electron chi connectivity index (χ1n) is 6.58. The van der Waals surface area contributed by atoms with Crippen molar-refractivity contribution in [1.82, 2.24) is 4.90 Å². The third-order valence-corrected chi connectivity index (χ3v) is 4.42. The summed E-state index contributed by atoms with van der Waals surface area (Å²) in [7, 11) is 0. The van der Waals surface area contributed by atoms with Gasteiger partial charge in [0.05, 0.1) is 9.83 Å². The quantitative estimate of drug-likeness (QED) is 0.329. The minimum Gasteiger partial charge on any atom is -0.550 e. The first kappa shape index (κ1) is 17.1. The van der Waals surface area contributed by atoms with Gasteiger partial charge >= 0.3 is 0 Å². The van der Waals surface area contributed by atoms with Crippen LogP contribution >= 0.6 is 24.0 Å². The topological polar surface area (TPSA) is 104 Å². The van der Waals surface area contributed by atoms with Gasteiger partial charge in [-0.3, -0.25) is 19.8 Å².